The third-order valence-corrected chi connectivity index (χ3v) is 4.97. The third kappa shape index (κ3) is 2.98. The van der Waals surface area contributed by atoms with E-state index in [9.17, 15) is 12.8 Å². The Bertz CT molecular complexity index is 640. The fourth-order valence-electron chi connectivity index (χ4n) is 2.07. The van der Waals surface area contributed by atoms with Gasteiger partial charge in [-0.2, -0.15) is 9.57 Å². The Morgan fingerprint density at radius 2 is 2.25 bits per heavy atom. The van der Waals surface area contributed by atoms with Gasteiger partial charge >= 0.3 is 0 Å². The summed E-state index contributed by atoms with van der Waals surface area (Å²) in [5.74, 6) is -0.723. The molecular formula is C13H15FN2O3S. The molecule has 0 saturated carbocycles. The summed E-state index contributed by atoms with van der Waals surface area (Å²) in [5, 5.41) is 8.79. The molecular weight excluding hydrogens is 283 g/mol. The molecule has 0 aliphatic carbocycles. The van der Waals surface area contributed by atoms with Crippen LogP contribution in [0, 0.1) is 17.1 Å². The first-order valence-corrected chi connectivity index (χ1v) is 7.70. The van der Waals surface area contributed by atoms with Gasteiger partial charge in [-0.1, -0.05) is 0 Å². The molecule has 0 amide bonds. The average Bonchev–Trinajstić information content (AvgIpc) is 2.64. The van der Waals surface area contributed by atoms with Crippen LogP contribution in [0.2, 0.25) is 0 Å². The highest BCUT2D eigenvalue weighted by atomic mass is 32.2. The van der Waals surface area contributed by atoms with Crippen LogP contribution < -0.4 is 0 Å². The van der Waals surface area contributed by atoms with Crippen LogP contribution >= 0.6 is 0 Å². The maximum Gasteiger partial charge on any atom is 0.243 e. The van der Waals surface area contributed by atoms with Crippen molar-refractivity contribution in [2.45, 2.75) is 24.3 Å². The zero-order chi connectivity index (χ0) is 14.8. The van der Waals surface area contributed by atoms with Gasteiger partial charge in [0.1, 0.15) is 11.9 Å². The van der Waals surface area contributed by atoms with Crippen LogP contribution in [-0.2, 0) is 14.8 Å². The molecule has 1 aromatic carbocycles. The summed E-state index contributed by atoms with van der Waals surface area (Å²) < 4.78 is 45.0. The van der Waals surface area contributed by atoms with Crippen LogP contribution in [-0.4, -0.2) is 38.5 Å². The monoisotopic (exact) mass is 298 g/mol. The van der Waals surface area contributed by atoms with E-state index in [1.54, 1.807) is 13.0 Å². The van der Waals surface area contributed by atoms with Crippen molar-refractivity contribution in [2.75, 3.05) is 19.7 Å². The predicted molar refractivity (Wildman–Crippen MR) is 69.9 cm³/mol. The number of hydrogen-bond donors (Lipinski definition) is 0. The van der Waals surface area contributed by atoms with E-state index in [2.05, 4.69) is 0 Å². The molecule has 0 radical (unpaired) electrons. The van der Waals surface area contributed by atoms with E-state index >= 15 is 0 Å². The summed E-state index contributed by atoms with van der Waals surface area (Å²) in [5.41, 5.74) is -0.273. The predicted octanol–water partition coefficient (Wildman–Crippen LogP) is 1.50. The van der Waals surface area contributed by atoms with Gasteiger partial charge in [0.15, 0.2) is 0 Å². The zero-order valence-corrected chi connectivity index (χ0v) is 11.9. The van der Waals surface area contributed by atoms with Gasteiger partial charge in [-0.15, -0.1) is 0 Å². The molecule has 1 aliphatic rings. The normalized spacial score (nSPS) is 21.1. The molecule has 1 heterocycles. The van der Waals surface area contributed by atoms with Crippen molar-refractivity contribution >= 4 is 10.0 Å². The molecule has 20 heavy (non-hydrogen) atoms. The van der Waals surface area contributed by atoms with E-state index in [1.165, 1.54) is 10.4 Å². The van der Waals surface area contributed by atoms with Gasteiger partial charge in [0.25, 0.3) is 0 Å². The van der Waals surface area contributed by atoms with Gasteiger partial charge in [0, 0.05) is 19.7 Å². The van der Waals surface area contributed by atoms with Gasteiger partial charge in [-0.05, 0) is 31.5 Å². The summed E-state index contributed by atoms with van der Waals surface area (Å²) in [6.07, 6.45) is 0.415. The largest absolute Gasteiger partial charge is 0.377 e. The molecule has 0 N–H and O–H groups in total. The standard InChI is InChI=1S/C13H15FN2O3S/c1-10-9-16(5-2-6-19-10)20(17,18)12-3-4-13(14)11(7-12)8-15/h3-4,7,10H,2,5-6,9H2,1H3. The number of nitrogens with zero attached hydrogens (tertiary/aromatic N) is 2. The van der Waals surface area contributed by atoms with Crippen LogP contribution in [0.5, 0.6) is 0 Å². The summed E-state index contributed by atoms with van der Waals surface area (Å²) >= 11 is 0. The van der Waals surface area contributed by atoms with Gasteiger partial charge in [-0.3, -0.25) is 0 Å². The molecule has 0 aromatic heterocycles. The van der Waals surface area contributed by atoms with Gasteiger partial charge in [-0.25, -0.2) is 12.8 Å². The Morgan fingerprint density at radius 3 is 2.95 bits per heavy atom. The van der Waals surface area contributed by atoms with Crippen LogP contribution in [0.1, 0.15) is 18.9 Å². The Kier molecular flexibility index (Phi) is 4.38. The van der Waals surface area contributed by atoms with E-state index in [-0.39, 0.29) is 23.1 Å². The maximum atomic E-state index is 13.3. The SMILES string of the molecule is CC1CN(S(=O)(=O)c2ccc(F)c(C#N)c2)CCCO1. The lowest BCUT2D eigenvalue weighted by atomic mass is 10.2. The molecule has 1 aliphatic heterocycles. The van der Waals surface area contributed by atoms with Gasteiger partial charge < -0.3 is 4.74 Å². The maximum absolute atomic E-state index is 13.3. The van der Waals surface area contributed by atoms with Crippen molar-refractivity contribution < 1.29 is 17.5 Å². The number of benzene rings is 1. The van der Waals surface area contributed by atoms with Crippen molar-refractivity contribution in [2.24, 2.45) is 0 Å². The highest BCUT2D eigenvalue weighted by Gasteiger charge is 2.28. The highest BCUT2D eigenvalue weighted by Crippen LogP contribution is 2.21. The van der Waals surface area contributed by atoms with E-state index in [0.717, 1.165) is 12.1 Å². The molecule has 1 fully saturated rings. The molecule has 0 spiro atoms. The fourth-order valence-corrected chi connectivity index (χ4v) is 3.65. The number of hydrogen-bond acceptors (Lipinski definition) is 4. The van der Waals surface area contributed by atoms with Crippen LogP contribution in [0.25, 0.3) is 0 Å². The molecule has 1 aromatic rings. The van der Waals surface area contributed by atoms with Gasteiger partial charge in [0.05, 0.1) is 16.6 Å². The molecule has 5 nitrogen and oxygen atoms in total. The minimum absolute atomic E-state index is 0.0652. The number of rotatable bonds is 2. The van der Waals surface area contributed by atoms with E-state index in [4.69, 9.17) is 10.00 Å². The lowest BCUT2D eigenvalue weighted by Crippen LogP contribution is -2.36. The molecule has 1 unspecified atom stereocenters. The number of ether oxygens (including phenoxy) is 1. The van der Waals surface area contributed by atoms with Crippen molar-refractivity contribution in [1.29, 1.82) is 5.26 Å². The average molecular weight is 298 g/mol. The fraction of sp³-hybridized carbons (Fsp3) is 0.462. The summed E-state index contributed by atoms with van der Waals surface area (Å²) in [4.78, 5) is -0.0652. The minimum Gasteiger partial charge on any atom is -0.377 e. The number of halogens is 1. The van der Waals surface area contributed by atoms with Gasteiger partial charge in [0.2, 0.25) is 10.0 Å². The summed E-state index contributed by atoms with van der Waals surface area (Å²) in [6.45, 7) is 2.92. The molecule has 108 valence electrons. The Morgan fingerprint density at radius 1 is 1.50 bits per heavy atom. The quantitative estimate of drug-likeness (QED) is 0.829. The Hall–Kier alpha value is -1.49. The van der Waals surface area contributed by atoms with Crippen molar-refractivity contribution in [1.82, 2.24) is 4.31 Å². The first kappa shape index (κ1) is 14.9. The second-order valence-electron chi connectivity index (χ2n) is 4.65. The van der Waals surface area contributed by atoms with Crippen molar-refractivity contribution in [3.63, 3.8) is 0 Å². The summed E-state index contributed by atoms with van der Waals surface area (Å²) in [6, 6.07) is 4.91. The number of sulfonamides is 1. The molecule has 1 atom stereocenters. The smallest absolute Gasteiger partial charge is 0.243 e. The van der Waals surface area contributed by atoms with E-state index in [0.29, 0.717) is 19.6 Å². The molecule has 7 heteroatoms. The van der Waals surface area contributed by atoms with Crippen LogP contribution in [0.4, 0.5) is 4.39 Å². The zero-order valence-electron chi connectivity index (χ0n) is 11.0. The van der Waals surface area contributed by atoms with E-state index in [1.807, 2.05) is 0 Å². The molecule has 1 saturated heterocycles. The first-order valence-electron chi connectivity index (χ1n) is 6.26. The minimum atomic E-state index is -3.73. The Balaban J connectivity index is 2.37. The number of nitriles is 1. The third-order valence-electron chi connectivity index (χ3n) is 3.11. The van der Waals surface area contributed by atoms with E-state index < -0.39 is 15.8 Å². The van der Waals surface area contributed by atoms with Crippen molar-refractivity contribution in [3.8, 4) is 6.07 Å². The lowest BCUT2D eigenvalue weighted by Gasteiger charge is -2.21. The van der Waals surface area contributed by atoms with Crippen LogP contribution in [0.3, 0.4) is 0 Å². The topological polar surface area (TPSA) is 70.4 Å². The highest BCUT2D eigenvalue weighted by molar-refractivity contribution is 7.89. The molecule has 2 rings (SSSR count). The Labute approximate surface area is 117 Å². The van der Waals surface area contributed by atoms with Crippen molar-refractivity contribution in [3.05, 3.63) is 29.6 Å². The lowest BCUT2D eigenvalue weighted by molar-refractivity contribution is 0.0752. The first-order chi connectivity index (χ1) is 9.45. The summed E-state index contributed by atoms with van der Waals surface area (Å²) in [7, 11) is -3.73. The second kappa shape index (κ2) is 5.87. The molecule has 0 bridgehead atoms. The van der Waals surface area contributed by atoms with Crippen LogP contribution in [0.15, 0.2) is 23.1 Å². The second-order valence-corrected chi connectivity index (χ2v) is 6.59.